The van der Waals surface area contributed by atoms with E-state index in [9.17, 15) is 4.39 Å². The lowest BCUT2D eigenvalue weighted by atomic mass is 9.99. The van der Waals surface area contributed by atoms with Gasteiger partial charge in [0.1, 0.15) is 5.82 Å². The lowest BCUT2D eigenvalue weighted by Gasteiger charge is -2.12. The van der Waals surface area contributed by atoms with Crippen LogP contribution in [0, 0.1) is 5.82 Å². The largest absolute Gasteiger partial charge is 0.324 e. The van der Waals surface area contributed by atoms with Gasteiger partial charge in [0, 0.05) is 29.9 Å². The molecule has 0 fully saturated rings. The molecule has 0 bridgehead atoms. The summed E-state index contributed by atoms with van der Waals surface area (Å²) in [6.45, 7) is 2.03. The molecule has 0 saturated carbocycles. The molecule has 0 aliphatic heterocycles. The quantitative estimate of drug-likeness (QED) is 0.936. The Morgan fingerprint density at radius 2 is 2.21 bits per heavy atom. The molecule has 1 aromatic carbocycles. The highest BCUT2D eigenvalue weighted by Gasteiger charge is 2.16. The van der Waals surface area contributed by atoms with E-state index >= 15 is 0 Å². The van der Waals surface area contributed by atoms with Gasteiger partial charge < -0.3 is 5.73 Å². The molecule has 19 heavy (non-hydrogen) atoms. The van der Waals surface area contributed by atoms with Crippen LogP contribution in [0.5, 0.6) is 0 Å². The number of nitrogens with two attached hydrogens (primary N) is 1. The Morgan fingerprint density at radius 1 is 1.47 bits per heavy atom. The number of hydrogen-bond donors (Lipinski definition) is 1. The number of halogens is 2. The molecule has 0 radical (unpaired) electrons. The molecule has 1 atom stereocenters. The van der Waals surface area contributed by atoms with Crippen molar-refractivity contribution in [2.75, 3.05) is 0 Å². The smallest absolute Gasteiger partial charge is 0.126 e. The predicted octanol–water partition coefficient (Wildman–Crippen LogP) is 3.02. The van der Waals surface area contributed by atoms with Crippen LogP contribution < -0.4 is 5.73 Å². The first-order chi connectivity index (χ1) is 9.01. The van der Waals surface area contributed by atoms with Crippen molar-refractivity contribution in [1.29, 1.82) is 0 Å². The van der Waals surface area contributed by atoms with Gasteiger partial charge >= 0.3 is 0 Å². The molecule has 0 aliphatic carbocycles. The molecule has 1 aromatic heterocycles. The van der Waals surface area contributed by atoms with E-state index in [1.165, 1.54) is 12.1 Å². The Hall–Kier alpha value is -1.39. The topological polar surface area (TPSA) is 43.8 Å². The van der Waals surface area contributed by atoms with E-state index in [4.69, 9.17) is 17.3 Å². The number of nitrogens with zero attached hydrogens (tertiary/aromatic N) is 2. The minimum Gasteiger partial charge on any atom is -0.324 e. The lowest BCUT2D eigenvalue weighted by Crippen LogP contribution is -2.15. The van der Waals surface area contributed by atoms with Gasteiger partial charge in [0.2, 0.25) is 0 Å². The Kier molecular flexibility index (Phi) is 4.22. The number of aryl methyl sites for hydroxylation is 2. The summed E-state index contributed by atoms with van der Waals surface area (Å²) in [6, 6.07) is 4.25. The molecular formula is C14H17ClFN3. The second-order valence-electron chi connectivity index (χ2n) is 4.60. The van der Waals surface area contributed by atoms with Crippen molar-refractivity contribution in [3.8, 4) is 0 Å². The average Bonchev–Trinajstić information content (AvgIpc) is 2.75. The van der Waals surface area contributed by atoms with Gasteiger partial charge in [0.15, 0.2) is 0 Å². The summed E-state index contributed by atoms with van der Waals surface area (Å²) in [6.07, 6.45) is 3.11. The lowest BCUT2D eigenvalue weighted by molar-refractivity contribution is 0.592. The van der Waals surface area contributed by atoms with Crippen LogP contribution in [0.1, 0.15) is 29.8 Å². The number of rotatable bonds is 4. The van der Waals surface area contributed by atoms with E-state index in [0.717, 1.165) is 17.7 Å². The Morgan fingerprint density at radius 3 is 2.89 bits per heavy atom. The van der Waals surface area contributed by atoms with Crippen LogP contribution in [-0.4, -0.2) is 9.78 Å². The molecule has 1 unspecified atom stereocenters. The summed E-state index contributed by atoms with van der Waals surface area (Å²) in [5.74, 6) is -0.276. The maximum absolute atomic E-state index is 13.7. The summed E-state index contributed by atoms with van der Waals surface area (Å²) in [4.78, 5) is 0. The third kappa shape index (κ3) is 3.14. The van der Waals surface area contributed by atoms with Gasteiger partial charge in [0.05, 0.1) is 5.69 Å². The van der Waals surface area contributed by atoms with Gasteiger partial charge in [-0.25, -0.2) is 4.39 Å². The van der Waals surface area contributed by atoms with Crippen molar-refractivity contribution < 1.29 is 4.39 Å². The molecule has 3 nitrogen and oxygen atoms in total. The maximum Gasteiger partial charge on any atom is 0.126 e. The van der Waals surface area contributed by atoms with Crippen molar-refractivity contribution in [3.63, 3.8) is 0 Å². The minimum atomic E-state index is -0.281. The van der Waals surface area contributed by atoms with Gasteiger partial charge in [-0.2, -0.15) is 5.10 Å². The monoisotopic (exact) mass is 281 g/mol. The molecule has 1 heterocycles. The van der Waals surface area contributed by atoms with Crippen molar-refractivity contribution in [3.05, 3.63) is 52.1 Å². The van der Waals surface area contributed by atoms with Crippen molar-refractivity contribution in [1.82, 2.24) is 9.78 Å². The standard InChI is InChI=1S/C14H17ClFN3/c1-3-14-11(8-19(2)18-14)13(17)7-9-6-10(15)4-5-12(9)16/h4-6,8,13H,3,7,17H2,1-2H3. The Labute approximate surface area is 117 Å². The first-order valence-corrected chi connectivity index (χ1v) is 6.61. The van der Waals surface area contributed by atoms with Gasteiger partial charge in [-0.05, 0) is 36.6 Å². The first kappa shape index (κ1) is 14.0. The fourth-order valence-electron chi connectivity index (χ4n) is 2.18. The molecule has 0 amide bonds. The normalized spacial score (nSPS) is 12.7. The van der Waals surface area contributed by atoms with E-state index in [-0.39, 0.29) is 11.9 Å². The predicted molar refractivity (Wildman–Crippen MR) is 74.6 cm³/mol. The Balaban J connectivity index is 2.25. The van der Waals surface area contributed by atoms with E-state index < -0.39 is 0 Å². The van der Waals surface area contributed by atoms with Crippen LogP contribution in [0.2, 0.25) is 5.02 Å². The maximum atomic E-state index is 13.7. The SMILES string of the molecule is CCc1nn(C)cc1C(N)Cc1cc(Cl)ccc1F. The molecule has 102 valence electrons. The summed E-state index contributed by atoms with van der Waals surface area (Å²) in [7, 11) is 1.86. The third-order valence-electron chi connectivity index (χ3n) is 3.12. The first-order valence-electron chi connectivity index (χ1n) is 6.23. The molecular weight excluding hydrogens is 265 g/mol. The third-order valence-corrected chi connectivity index (χ3v) is 3.35. The summed E-state index contributed by atoms with van der Waals surface area (Å²) in [5.41, 5.74) is 8.62. The molecule has 5 heteroatoms. The molecule has 2 rings (SSSR count). The highest BCUT2D eigenvalue weighted by Crippen LogP contribution is 2.23. The van der Waals surface area contributed by atoms with Gasteiger partial charge in [-0.15, -0.1) is 0 Å². The zero-order valence-electron chi connectivity index (χ0n) is 11.0. The van der Waals surface area contributed by atoms with Crippen molar-refractivity contribution in [2.45, 2.75) is 25.8 Å². The van der Waals surface area contributed by atoms with Crippen LogP contribution in [0.4, 0.5) is 4.39 Å². The van der Waals surface area contributed by atoms with E-state index in [0.29, 0.717) is 17.0 Å². The highest BCUT2D eigenvalue weighted by atomic mass is 35.5. The molecule has 0 saturated heterocycles. The van der Waals surface area contributed by atoms with Crippen LogP contribution in [0.15, 0.2) is 24.4 Å². The summed E-state index contributed by atoms with van der Waals surface area (Å²) >= 11 is 5.89. The van der Waals surface area contributed by atoms with Gasteiger partial charge in [-0.1, -0.05) is 18.5 Å². The van der Waals surface area contributed by atoms with Crippen molar-refractivity contribution in [2.24, 2.45) is 12.8 Å². The Bertz CT molecular complexity index is 580. The van der Waals surface area contributed by atoms with E-state index in [2.05, 4.69) is 5.10 Å². The second-order valence-corrected chi connectivity index (χ2v) is 5.04. The average molecular weight is 282 g/mol. The van der Waals surface area contributed by atoms with Crippen LogP contribution in [0.25, 0.3) is 0 Å². The van der Waals surface area contributed by atoms with Gasteiger partial charge in [0.25, 0.3) is 0 Å². The number of aromatic nitrogens is 2. The molecule has 0 aliphatic rings. The summed E-state index contributed by atoms with van der Waals surface area (Å²) < 4.78 is 15.4. The summed E-state index contributed by atoms with van der Waals surface area (Å²) in [5, 5.41) is 4.87. The molecule has 0 spiro atoms. The second kappa shape index (κ2) is 5.72. The van der Waals surface area contributed by atoms with Gasteiger partial charge in [-0.3, -0.25) is 4.68 Å². The van der Waals surface area contributed by atoms with E-state index in [1.807, 2.05) is 20.2 Å². The molecule has 2 N–H and O–H groups in total. The highest BCUT2D eigenvalue weighted by molar-refractivity contribution is 6.30. The van der Waals surface area contributed by atoms with Crippen molar-refractivity contribution >= 4 is 11.6 Å². The fourth-order valence-corrected chi connectivity index (χ4v) is 2.38. The van der Waals surface area contributed by atoms with Crippen LogP contribution in [-0.2, 0) is 19.9 Å². The minimum absolute atomic E-state index is 0.276. The zero-order chi connectivity index (χ0) is 14.0. The molecule has 2 aromatic rings. The van der Waals surface area contributed by atoms with Crippen LogP contribution >= 0.6 is 11.6 Å². The van der Waals surface area contributed by atoms with E-state index in [1.54, 1.807) is 10.7 Å². The number of benzene rings is 1. The van der Waals surface area contributed by atoms with Crippen LogP contribution in [0.3, 0.4) is 0 Å². The fraction of sp³-hybridized carbons (Fsp3) is 0.357. The number of hydrogen-bond acceptors (Lipinski definition) is 2. The zero-order valence-corrected chi connectivity index (χ0v) is 11.8.